The third-order valence-corrected chi connectivity index (χ3v) is 7.93. The van der Waals surface area contributed by atoms with Gasteiger partial charge in [0, 0.05) is 18.7 Å². The zero-order chi connectivity index (χ0) is 21.8. The number of rotatable bonds is 4. The van der Waals surface area contributed by atoms with Crippen molar-refractivity contribution in [3.05, 3.63) is 107 Å². The molecule has 0 saturated carbocycles. The van der Waals surface area contributed by atoms with Gasteiger partial charge in [0.1, 0.15) is 5.82 Å². The summed E-state index contributed by atoms with van der Waals surface area (Å²) in [6.45, 7) is 0.357. The molecular weight excluding hydrogens is 413 g/mol. The molecule has 1 aliphatic rings. The van der Waals surface area contributed by atoms with E-state index in [0.29, 0.717) is 0 Å². The van der Waals surface area contributed by atoms with Crippen molar-refractivity contribution >= 4 is 15.7 Å². The lowest BCUT2D eigenvalue weighted by atomic mass is 9.90. The first-order valence-electron chi connectivity index (χ1n) is 10.3. The average molecular weight is 438 g/mol. The first-order valence-corrected chi connectivity index (χ1v) is 12.0. The molecule has 0 spiro atoms. The van der Waals surface area contributed by atoms with Crippen molar-refractivity contribution in [1.29, 1.82) is 0 Å². The number of sulfone groups is 1. The van der Waals surface area contributed by atoms with E-state index >= 15 is 0 Å². The first kappa shape index (κ1) is 21.2. The second-order valence-electron chi connectivity index (χ2n) is 7.75. The second-order valence-corrected chi connectivity index (χ2v) is 10.0. The van der Waals surface area contributed by atoms with Crippen molar-refractivity contribution in [1.82, 2.24) is 4.90 Å². The highest BCUT2D eigenvalue weighted by Crippen LogP contribution is 2.33. The molecule has 4 nitrogen and oxygen atoms in total. The normalized spacial score (nSPS) is 18.5. The van der Waals surface area contributed by atoms with E-state index in [4.69, 9.17) is 0 Å². The van der Waals surface area contributed by atoms with Gasteiger partial charge >= 0.3 is 0 Å². The van der Waals surface area contributed by atoms with Gasteiger partial charge < -0.3 is 4.90 Å². The minimum absolute atomic E-state index is 0.0995. The molecule has 1 atom stereocenters. The molecule has 0 N–H and O–H groups in total. The molecule has 1 fully saturated rings. The maximum atomic E-state index is 14.3. The fourth-order valence-electron chi connectivity index (χ4n) is 4.20. The van der Waals surface area contributed by atoms with Gasteiger partial charge in [0.05, 0.1) is 16.9 Å². The molecule has 3 aromatic carbocycles. The minimum atomic E-state index is -3.59. The molecule has 0 aliphatic carbocycles. The van der Waals surface area contributed by atoms with Crippen LogP contribution in [-0.4, -0.2) is 38.1 Å². The molecule has 1 unspecified atom stereocenters. The quantitative estimate of drug-likeness (QED) is 0.610. The number of halogens is 1. The van der Waals surface area contributed by atoms with Crippen LogP contribution in [0.4, 0.5) is 4.39 Å². The number of hydrogen-bond donors (Lipinski definition) is 0. The Morgan fingerprint density at radius 2 is 1.39 bits per heavy atom. The van der Waals surface area contributed by atoms with E-state index in [-0.39, 0.29) is 36.7 Å². The molecule has 0 radical (unpaired) electrons. The minimum Gasteiger partial charge on any atom is -0.341 e. The van der Waals surface area contributed by atoms with Crippen LogP contribution in [0.2, 0.25) is 0 Å². The van der Waals surface area contributed by atoms with Gasteiger partial charge in [-0.25, -0.2) is 12.8 Å². The van der Waals surface area contributed by atoms with Gasteiger partial charge in [0.2, 0.25) is 5.91 Å². The molecule has 1 amide bonds. The SMILES string of the molecule is O=C(C(c1ccccc1)c1ccccc1)N1CCC(c2ccccc2F)S(=O)(=O)CC1. The summed E-state index contributed by atoms with van der Waals surface area (Å²) in [6.07, 6.45) is 0.172. The van der Waals surface area contributed by atoms with E-state index in [9.17, 15) is 17.6 Å². The van der Waals surface area contributed by atoms with Crippen LogP contribution in [0.1, 0.15) is 34.3 Å². The Hall–Kier alpha value is -2.99. The van der Waals surface area contributed by atoms with Crippen LogP contribution in [0, 0.1) is 5.82 Å². The molecule has 1 heterocycles. The predicted octanol–water partition coefficient (Wildman–Crippen LogP) is 4.35. The van der Waals surface area contributed by atoms with E-state index in [2.05, 4.69) is 0 Å². The zero-order valence-corrected chi connectivity index (χ0v) is 17.8. The van der Waals surface area contributed by atoms with Gasteiger partial charge in [-0.3, -0.25) is 4.79 Å². The van der Waals surface area contributed by atoms with Crippen molar-refractivity contribution in [2.75, 3.05) is 18.8 Å². The predicted molar refractivity (Wildman–Crippen MR) is 119 cm³/mol. The van der Waals surface area contributed by atoms with Crippen LogP contribution in [0.5, 0.6) is 0 Å². The summed E-state index contributed by atoms with van der Waals surface area (Å²) < 4.78 is 40.2. The molecular formula is C25H24FNO3S. The Labute approximate surface area is 182 Å². The van der Waals surface area contributed by atoms with Gasteiger partial charge in [-0.05, 0) is 23.6 Å². The molecule has 1 saturated heterocycles. The molecule has 31 heavy (non-hydrogen) atoms. The molecule has 160 valence electrons. The number of carbonyl (C=O) groups excluding carboxylic acids is 1. The van der Waals surface area contributed by atoms with Crippen LogP contribution >= 0.6 is 0 Å². The maximum absolute atomic E-state index is 14.3. The van der Waals surface area contributed by atoms with Crippen molar-refractivity contribution in [3.8, 4) is 0 Å². The fourth-order valence-corrected chi connectivity index (χ4v) is 6.00. The van der Waals surface area contributed by atoms with Crippen LogP contribution < -0.4 is 0 Å². The first-order chi connectivity index (χ1) is 15.0. The van der Waals surface area contributed by atoms with Crippen LogP contribution in [0.15, 0.2) is 84.9 Å². The van der Waals surface area contributed by atoms with Gasteiger partial charge in [-0.2, -0.15) is 0 Å². The van der Waals surface area contributed by atoms with Crippen molar-refractivity contribution in [2.45, 2.75) is 17.6 Å². The Morgan fingerprint density at radius 1 is 0.839 bits per heavy atom. The van der Waals surface area contributed by atoms with Gasteiger partial charge in [0.15, 0.2) is 9.84 Å². The summed E-state index contributed by atoms with van der Waals surface area (Å²) in [5, 5.41) is -0.946. The highest BCUT2D eigenvalue weighted by Gasteiger charge is 2.36. The smallest absolute Gasteiger partial charge is 0.234 e. The van der Waals surface area contributed by atoms with E-state index in [1.807, 2.05) is 60.7 Å². The molecule has 0 aromatic heterocycles. The number of benzene rings is 3. The number of hydrogen-bond acceptors (Lipinski definition) is 3. The lowest BCUT2D eigenvalue weighted by Gasteiger charge is -2.26. The van der Waals surface area contributed by atoms with Gasteiger partial charge in [-0.15, -0.1) is 0 Å². The summed E-state index contributed by atoms with van der Waals surface area (Å²) in [5.41, 5.74) is 1.90. The monoisotopic (exact) mass is 437 g/mol. The summed E-state index contributed by atoms with van der Waals surface area (Å²) >= 11 is 0. The molecule has 3 aromatic rings. The van der Waals surface area contributed by atoms with Crippen LogP contribution in [0.25, 0.3) is 0 Å². The van der Waals surface area contributed by atoms with Crippen LogP contribution in [-0.2, 0) is 14.6 Å². The zero-order valence-electron chi connectivity index (χ0n) is 17.0. The van der Waals surface area contributed by atoms with Crippen molar-refractivity contribution in [2.24, 2.45) is 0 Å². The van der Waals surface area contributed by atoms with E-state index in [1.165, 1.54) is 12.1 Å². The number of carbonyl (C=O) groups is 1. The standard InChI is InChI=1S/C25H24FNO3S/c26-22-14-8-7-13-21(22)23-15-16-27(17-18-31(23,29)30)25(28)24(19-9-3-1-4-10-19)20-11-5-2-6-12-20/h1-14,23-24H,15-18H2. The maximum Gasteiger partial charge on any atom is 0.234 e. The van der Waals surface area contributed by atoms with Gasteiger partial charge in [0.25, 0.3) is 0 Å². The largest absolute Gasteiger partial charge is 0.341 e. The number of amides is 1. The lowest BCUT2D eigenvalue weighted by Crippen LogP contribution is -2.37. The number of nitrogens with zero attached hydrogens (tertiary/aromatic N) is 1. The van der Waals surface area contributed by atoms with Crippen molar-refractivity contribution < 1.29 is 17.6 Å². The second kappa shape index (κ2) is 9.02. The molecule has 4 rings (SSSR count). The van der Waals surface area contributed by atoms with Gasteiger partial charge in [-0.1, -0.05) is 78.9 Å². The molecule has 0 bridgehead atoms. The molecule has 6 heteroatoms. The topological polar surface area (TPSA) is 54.5 Å². The highest BCUT2D eigenvalue weighted by molar-refractivity contribution is 7.91. The Bertz CT molecular complexity index is 1110. The van der Waals surface area contributed by atoms with Crippen LogP contribution in [0.3, 0.4) is 0 Å². The van der Waals surface area contributed by atoms with E-state index in [0.717, 1.165) is 11.1 Å². The summed E-state index contributed by atoms with van der Waals surface area (Å²) in [6, 6.07) is 25.0. The Kier molecular flexibility index (Phi) is 6.18. The summed E-state index contributed by atoms with van der Waals surface area (Å²) in [4.78, 5) is 15.2. The summed E-state index contributed by atoms with van der Waals surface area (Å²) in [5.74, 6) is -1.37. The Morgan fingerprint density at radius 3 is 1.97 bits per heavy atom. The third-order valence-electron chi connectivity index (χ3n) is 5.82. The van der Waals surface area contributed by atoms with E-state index in [1.54, 1.807) is 17.0 Å². The van der Waals surface area contributed by atoms with Crippen molar-refractivity contribution in [3.63, 3.8) is 0 Å². The highest BCUT2D eigenvalue weighted by atomic mass is 32.2. The Balaban J connectivity index is 1.64. The third kappa shape index (κ3) is 4.54. The lowest BCUT2D eigenvalue weighted by molar-refractivity contribution is -0.131. The van der Waals surface area contributed by atoms with E-state index < -0.39 is 26.8 Å². The molecule has 1 aliphatic heterocycles. The average Bonchev–Trinajstić information content (AvgIpc) is 2.94. The fraction of sp³-hybridized carbons (Fsp3) is 0.240. The summed E-state index contributed by atoms with van der Waals surface area (Å²) in [7, 11) is -3.59.